The van der Waals surface area contributed by atoms with Gasteiger partial charge in [0, 0.05) is 12.6 Å². The number of nitrogens with one attached hydrogen (secondary N) is 1. The van der Waals surface area contributed by atoms with Crippen molar-refractivity contribution in [2.24, 2.45) is 0 Å². The van der Waals surface area contributed by atoms with Crippen molar-refractivity contribution >= 4 is 27.5 Å². The minimum absolute atomic E-state index is 0.0534. The highest BCUT2D eigenvalue weighted by Gasteiger charge is 2.33. The maximum atomic E-state index is 14.0. The van der Waals surface area contributed by atoms with Gasteiger partial charge in [-0.05, 0) is 69.0 Å². The molecule has 2 amide bonds. The van der Waals surface area contributed by atoms with E-state index in [1.54, 1.807) is 50.2 Å². The van der Waals surface area contributed by atoms with Gasteiger partial charge in [-0.2, -0.15) is 0 Å². The van der Waals surface area contributed by atoms with Crippen LogP contribution in [0.4, 0.5) is 5.69 Å². The molecule has 0 saturated carbocycles. The lowest BCUT2D eigenvalue weighted by Gasteiger charge is -2.33. The number of nitrogens with zero attached hydrogens (tertiary/aromatic N) is 2. The lowest BCUT2D eigenvalue weighted by molar-refractivity contribution is -0.139. The minimum Gasteiger partial charge on any atom is -0.352 e. The number of carbonyl (C=O) groups excluding carboxylic acids is 2. The molecule has 0 unspecified atom stereocenters. The summed E-state index contributed by atoms with van der Waals surface area (Å²) in [6.07, 6.45) is 0.751. The van der Waals surface area contributed by atoms with E-state index in [2.05, 4.69) is 5.32 Å². The molecule has 0 aromatic heterocycles. The Morgan fingerprint density at radius 2 is 1.42 bits per heavy atom. The predicted molar refractivity (Wildman–Crippen MR) is 151 cm³/mol. The van der Waals surface area contributed by atoms with Crippen molar-refractivity contribution in [2.45, 2.75) is 64.6 Å². The summed E-state index contributed by atoms with van der Waals surface area (Å²) in [4.78, 5) is 28.6. The van der Waals surface area contributed by atoms with Crippen molar-refractivity contribution in [3.8, 4) is 0 Å². The van der Waals surface area contributed by atoms with Crippen LogP contribution in [0.25, 0.3) is 0 Å². The van der Waals surface area contributed by atoms with Gasteiger partial charge in [-0.3, -0.25) is 13.9 Å². The molecule has 202 valence electrons. The molecule has 0 spiro atoms. The Labute approximate surface area is 226 Å². The van der Waals surface area contributed by atoms with E-state index in [9.17, 15) is 18.0 Å². The van der Waals surface area contributed by atoms with Crippen molar-refractivity contribution in [3.63, 3.8) is 0 Å². The Balaban J connectivity index is 2.04. The van der Waals surface area contributed by atoms with Gasteiger partial charge in [0.25, 0.3) is 10.0 Å². The second-order valence-corrected chi connectivity index (χ2v) is 11.4. The third-order valence-electron chi connectivity index (χ3n) is 6.76. The van der Waals surface area contributed by atoms with Crippen molar-refractivity contribution in [2.75, 3.05) is 10.8 Å². The zero-order chi connectivity index (χ0) is 27.9. The van der Waals surface area contributed by atoms with Gasteiger partial charge in [-0.25, -0.2) is 8.42 Å². The van der Waals surface area contributed by atoms with Crippen LogP contribution in [0.15, 0.2) is 83.8 Å². The summed E-state index contributed by atoms with van der Waals surface area (Å²) in [5.74, 6) is -0.752. The van der Waals surface area contributed by atoms with Crippen LogP contribution in [-0.4, -0.2) is 43.8 Å². The maximum Gasteiger partial charge on any atom is 0.264 e. The average Bonchev–Trinajstić information content (AvgIpc) is 2.91. The Hall–Kier alpha value is -3.65. The molecule has 7 nitrogen and oxygen atoms in total. The molecule has 38 heavy (non-hydrogen) atoms. The fraction of sp³-hybridized carbons (Fsp3) is 0.333. The van der Waals surface area contributed by atoms with E-state index >= 15 is 0 Å². The largest absolute Gasteiger partial charge is 0.352 e. The van der Waals surface area contributed by atoms with Crippen LogP contribution in [0.5, 0.6) is 0 Å². The molecule has 3 aromatic carbocycles. The second-order valence-electron chi connectivity index (χ2n) is 9.55. The number of anilines is 1. The molecule has 0 bridgehead atoms. The van der Waals surface area contributed by atoms with Crippen molar-refractivity contribution < 1.29 is 18.0 Å². The van der Waals surface area contributed by atoms with E-state index in [1.807, 2.05) is 51.1 Å². The van der Waals surface area contributed by atoms with Crippen LogP contribution >= 0.6 is 0 Å². The third kappa shape index (κ3) is 6.81. The molecule has 0 heterocycles. The number of sulfonamides is 1. The van der Waals surface area contributed by atoms with E-state index in [4.69, 9.17) is 0 Å². The number of hydrogen-bond acceptors (Lipinski definition) is 4. The maximum absolute atomic E-state index is 14.0. The van der Waals surface area contributed by atoms with Gasteiger partial charge in [-0.1, -0.05) is 67.6 Å². The topological polar surface area (TPSA) is 86.8 Å². The zero-order valence-electron chi connectivity index (χ0n) is 22.7. The number of amides is 2. The lowest BCUT2D eigenvalue weighted by Crippen LogP contribution is -2.52. The van der Waals surface area contributed by atoms with Gasteiger partial charge < -0.3 is 10.2 Å². The number of aryl methyl sites for hydroxylation is 2. The first-order valence-electron chi connectivity index (χ1n) is 12.8. The van der Waals surface area contributed by atoms with Crippen LogP contribution in [0.1, 0.15) is 43.9 Å². The summed E-state index contributed by atoms with van der Waals surface area (Å²) in [6, 6.07) is 21.9. The van der Waals surface area contributed by atoms with Crippen LogP contribution in [0.2, 0.25) is 0 Å². The summed E-state index contributed by atoms with van der Waals surface area (Å²) in [6.45, 7) is 9.03. The SMILES string of the molecule is CC[C@H](C)NC(=O)[C@@H](C)N(Cc1ccccc1C)C(=O)CN(c1ccccc1C)S(=O)(=O)c1ccccc1. The molecule has 3 aromatic rings. The lowest BCUT2D eigenvalue weighted by atomic mass is 10.1. The quantitative estimate of drug-likeness (QED) is 0.381. The smallest absolute Gasteiger partial charge is 0.264 e. The number of rotatable bonds is 11. The minimum atomic E-state index is -4.07. The van der Waals surface area contributed by atoms with Crippen LogP contribution in [0.3, 0.4) is 0 Å². The Morgan fingerprint density at radius 3 is 2.03 bits per heavy atom. The van der Waals surface area contributed by atoms with Gasteiger partial charge in [0.15, 0.2) is 0 Å². The molecule has 0 aliphatic heterocycles. The summed E-state index contributed by atoms with van der Waals surface area (Å²) in [7, 11) is -4.07. The first-order chi connectivity index (χ1) is 18.1. The Morgan fingerprint density at radius 1 is 0.842 bits per heavy atom. The molecule has 0 aliphatic rings. The summed E-state index contributed by atoms with van der Waals surface area (Å²) < 4.78 is 28.8. The van der Waals surface area contributed by atoms with E-state index in [0.717, 1.165) is 21.9 Å². The van der Waals surface area contributed by atoms with Gasteiger partial charge >= 0.3 is 0 Å². The van der Waals surface area contributed by atoms with E-state index in [0.29, 0.717) is 11.3 Å². The van der Waals surface area contributed by atoms with E-state index in [-0.39, 0.29) is 23.4 Å². The van der Waals surface area contributed by atoms with Crippen molar-refractivity contribution in [1.29, 1.82) is 0 Å². The van der Waals surface area contributed by atoms with Crippen LogP contribution < -0.4 is 9.62 Å². The molecular weight excluding hydrogens is 498 g/mol. The molecule has 0 radical (unpaired) electrons. The van der Waals surface area contributed by atoms with Gasteiger partial charge in [0.05, 0.1) is 10.6 Å². The normalized spacial score (nSPS) is 12.9. The molecule has 0 aliphatic carbocycles. The van der Waals surface area contributed by atoms with Gasteiger partial charge in [-0.15, -0.1) is 0 Å². The fourth-order valence-corrected chi connectivity index (χ4v) is 5.60. The summed E-state index contributed by atoms with van der Waals surface area (Å²) in [5.41, 5.74) is 3.00. The third-order valence-corrected chi connectivity index (χ3v) is 8.54. The second kappa shape index (κ2) is 12.7. The number of hydrogen-bond donors (Lipinski definition) is 1. The average molecular weight is 536 g/mol. The first kappa shape index (κ1) is 28.9. The van der Waals surface area contributed by atoms with E-state index in [1.165, 1.54) is 17.0 Å². The highest BCUT2D eigenvalue weighted by Crippen LogP contribution is 2.27. The number of para-hydroxylation sites is 1. The fourth-order valence-electron chi connectivity index (χ4n) is 4.10. The first-order valence-corrected chi connectivity index (χ1v) is 14.3. The van der Waals surface area contributed by atoms with Crippen molar-refractivity contribution in [3.05, 3.63) is 95.6 Å². The molecule has 8 heteroatoms. The summed E-state index contributed by atoms with van der Waals surface area (Å²) >= 11 is 0. The number of carbonyl (C=O) groups is 2. The van der Waals surface area contributed by atoms with Gasteiger partial charge in [0.1, 0.15) is 12.6 Å². The Bertz CT molecular complexity index is 1360. The molecular formula is C30H37N3O4S. The highest BCUT2D eigenvalue weighted by atomic mass is 32.2. The van der Waals surface area contributed by atoms with E-state index < -0.39 is 28.5 Å². The molecule has 3 rings (SSSR count). The molecule has 0 saturated heterocycles. The van der Waals surface area contributed by atoms with Crippen LogP contribution in [0, 0.1) is 13.8 Å². The standard InChI is InChI=1S/C30H37N3O4S/c1-6-24(4)31-30(35)25(5)32(20-26-16-12-10-14-22(26)2)29(34)21-33(28-19-13-11-15-23(28)3)38(36,37)27-17-8-7-9-18-27/h7-19,24-25H,6,20-21H2,1-5H3,(H,31,35)/t24-,25+/m0/s1. The van der Waals surface area contributed by atoms with Crippen LogP contribution in [-0.2, 0) is 26.2 Å². The monoisotopic (exact) mass is 535 g/mol. The Kier molecular flexibility index (Phi) is 9.69. The molecule has 0 fully saturated rings. The molecule has 1 N–H and O–H groups in total. The molecule has 2 atom stereocenters. The summed E-state index contributed by atoms with van der Waals surface area (Å²) in [5, 5.41) is 2.95. The van der Waals surface area contributed by atoms with Gasteiger partial charge in [0.2, 0.25) is 11.8 Å². The predicted octanol–water partition coefficient (Wildman–Crippen LogP) is 4.83. The number of benzene rings is 3. The van der Waals surface area contributed by atoms with Crippen molar-refractivity contribution in [1.82, 2.24) is 10.2 Å². The zero-order valence-corrected chi connectivity index (χ0v) is 23.5. The highest BCUT2D eigenvalue weighted by molar-refractivity contribution is 7.92.